The summed E-state index contributed by atoms with van der Waals surface area (Å²) in [6.45, 7) is 3.67. The van der Waals surface area contributed by atoms with Crippen molar-refractivity contribution in [2.45, 2.75) is 264 Å². The van der Waals surface area contributed by atoms with Crippen molar-refractivity contribution in [2.75, 3.05) is 26.4 Å². The summed E-state index contributed by atoms with van der Waals surface area (Å²) in [4.78, 5) is 35.1. The van der Waals surface area contributed by atoms with Gasteiger partial charge in [-0.2, -0.15) is 0 Å². The van der Waals surface area contributed by atoms with Crippen LogP contribution in [-0.4, -0.2) is 49.3 Å². The molecule has 2 unspecified atom stereocenters. The first-order chi connectivity index (χ1) is 31.8. The molecule has 0 amide bonds. The van der Waals surface area contributed by atoms with E-state index < -0.39 is 26.5 Å². The fourth-order valence-corrected chi connectivity index (χ4v) is 8.51. The first-order valence-electron chi connectivity index (χ1n) is 27.1. The SMILES string of the molecule is CC/C=C\C/C=C\C/C=C\C/C=C\CCCCCCCCCCCCCCC(=O)OC(COC(=O)CCCCCCCCCCCCCCCCCCCCC)COP(=O)(O)OCCN. The Labute approximate surface area is 400 Å². The van der Waals surface area contributed by atoms with Crippen molar-refractivity contribution in [1.29, 1.82) is 0 Å². The van der Waals surface area contributed by atoms with Gasteiger partial charge >= 0.3 is 19.8 Å². The Hall–Kier alpha value is -2.03. The average Bonchev–Trinajstić information content (AvgIpc) is 3.30. The van der Waals surface area contributed by atoms with E-state index in [1.165, 1.54) is 161 Å². The molecular formula is C55H102NO8P. The van der Waals surface area contributed by atoms with Crippen LogP contribution in [0.2, 0.25) is 0 Å². The second kappa shape index (κ2) is 51.4. The van der Waals surface area contributed by atoms with Crippen LogP contribution in [0.1, 0.15) is 258 Å². The Kier molecular flexibility index (Phi) is 49.8. The largest absolute Gasteiger partial charge is 0.472 e. The number of allylic oxidation sites excluding steroid dienone is 8. The van der Waals surface area contributed by atoms with Gasteiger partial charge in [-0.1, -0.05) is 242 Å². The van der Waals surface area contributed by atoms with Gasteiger partial charge in [0, 0.05) is 19.4 Å². The molecular weight excluding hydrogens is 834 g/mol. The van der Waals surface area contributed by atoms with E-state index >= 15 is 0 Å². The van der Waals surface area contributed by atoms with E-state index in [2.05, 4.69) is 62.5 Å². The maximum Gasteiger partial charge on any atom is 0.472 e. The number of phosphoric ester groups is 1. The fourth-order valence-electron chi connectivity index (χ4n) is 7.75. The highest BCUT2D eigenvalue weighted by atomic mass is 31.2. The molecule has 9 nitrogen and oxygen atoms in total. The van der Waals surface area contributed by atoms with E-state index in [-0.39, 0.29) is 38.6 Å². The molecule has 0 saturated carbocycles. The Morgan fingerprint density at radius 3 is 1.26 bits per heavy atom. The van der Waals surface area contributed by atoms with Gasteiger partial charge in [0.2, 0.25) is 0 Å². The monoisotopic (exact) mass is 936 g/mol. The summed E-state index contributed by atoms with van der Waals surface area (Å²) >= 11 is 0. The van der Waals surface area contributed by atoms with Crippen molar-refractivity contribution < 1.29 is 37.6 Å². The molecule has 0 spiro atoms. The van der Waals surface area contributed by atoms with Crippen LogP contribution in [0.3, 0.4) is 0 Å². The van der Waals surface area contributed by atoms with E-state index in [0.29, 0.717) is 6.42 Å². The molecule has 0 aromatic carbocycles. The number of hydrogen-bond acceptors (Lipinski definition) is 8. The molecule has 65 heavy (non-hydrogen) atoms. The minimum atomic E-state index is -4.38. The zero-order chi connectivity index (χ0) is 47.4. The molecule has 0 aliphatic carbocycles. The third-order valence-corrected chi connectivity index (χ3v) is 12.7. The first-order valence-corrected chi connectivity index (χ1v) is 28.6. The molecule has 10 heteroatoms. The van der Waals surface area contributed by atoms with Gasteiger partial charge < -0.3 is 20.1 Å². The quantitative estimate of drug-likeness (QED) is 0.0265. The Bertz CT molecular complexity index is 1200. The van der Waals surface area contributed by atoms with E-state index in [4.69, 9.17) is 24.3 Å². The third kappa shape index (κ3) is 51.2. The van der Waals surface area contributed by atoms with Gasteiger partial charge in [0.1, 0.15) is 6.61 Å². The highest BCUT2D eigenvalue weighted by Gasteiger charge is 2.26. The Morgan fingerprint density at radius 1 is 0.477 bits per heavy atom. The number of phosphoric acid groups is 1. The topological polar surface area (TPSA) is 134 Å². The predicted octanol–water partition coefficient (Wildman–Crippen LogP) is 16.6. The van der Waals surface area contributed by atoms with Crippen LogP contribution in [0.4, 0.5) is 0 Å². The lowest BCUT2D eigenvalue weighted by atomic mass is 10.0. The smallest absolute Gasteiger partial charge is 0.462 e. The zero-order valence-electron chi connectivity index (χ0n) is 42.2. The average molecular weight is 936 g/mol. The summed E-state index contributed by atoms with van der Waals surface area (Å²) in [6.07, 6.45) is 61.5. The summed E-state index contributed by atoms with van der Waals surface area (Å²) in [7, 11) is -4.38. The molecule has 2 atom stereocenters. The zero-order valence-corrected chi connectivity index (χ0v) is 43.1. The van der Waals surface area contributed by atoms with E-state index in [1.807, 2.05) is 0 Å². The second-order valence-corrected chi connectivity index (χ2v) is 19.5. The minimum absolute atomic E-state index is 0.0536. The molecule has 0 heterocycles. The number of esters is 2. The van der Waals surface area contributed by atoms with Gasteiger partial charge in [-0.15, -0.1) is 0 Å². The number of carbonyl (C=O) groups is 2. The first kappa shape index (κ1) is 63.0. The van der Waals surface area contributed by atoms with Crippen molar-refractivity contribution in [3.8, 4) is 0 Å². The maximum absolute atomic E-state index is 12.7. The summed E-state index contributed by atoms with van der Waals surface area (Å²) in [5.41, 5.74) is 5.37. The van der Waals surface area contributed by atoms with Crippen molar-refractivity contribution in [3.63, 3.8) is 0 Å². The Balaban J connectivity index is 3.99. The predicted molar refractivity (Wildman–Crippen MR) is 275 cm³/mol. The number of ether oxygens (including phenoxy) is 2. The molecule has 0 aliphatic rings. The van der Waals surface area contributed by atoms with Gasteiger partial charge in [-0.3, -0.25) is 18.6 Å². The molecule has 0 fully saturated rings. The van der Waals surface area contributed by atoms with Crippen LogP contribution in [0, 0.1) is 0 Å². The van der Waals surface area contributed by atoms with Crippen LogP contribution in [0.5, 0.6) is 0 Å². The molecule has 0 rings (SSSR count). The molecule has 0 aliphatic heterocycles. The minimum Gasteiger partial charge on any atom is -0.462 e. The summed E-state index contributed by atoms with van der Waals surface area (Å²) in [6, 6.07) is 0. The molecule has 0 bridgehead atoms. The normalized spacial score (nSPS) is 13.5. The van der Waals surface area contributed by atoms with Gasteiger partial charge in [0.05, 0.1) is 13.2 Å². The molecule has 0 aromatic heterocycles. The maximum atomic E-state index is 12.7. The van der Waals surface area contributed by atoms with Crippen LogP contribution in [0.15, 0.2) is 48.6 Å². The number of rotatable bonds is 51. The highest BCUT2D eigenvalue weighted by Crippen LogP contribution is 2.43. The van der Waals surface area contributed by atoms with Crippen LogP contribution < -0.4 is 5.73 Å². The van der Waals surface area contributed by atoms with Gasteiger partial charge in [-0.25, -0.2) is 4.57 Å². The van der Waals surface area contributed by atoms with Crippen molar-refractivity contribution in [3.05, 3.63) is 48.6 Å². The standard InChI is InChI=1S/C55H102NO8P/c1-3-5-7-9-11-13-15-17-19-21-23-24-25-26-27-28-30-32-34-36-38-40-42-44-46-48-55(58)64-53(52-63-65(59,60)62-50-49-56)51-61-54(57)47-45-43-41-39-37-35-33-31-29-22-20-18-16-14-12-10-8-6-4-2/h5,7,11,13,17,19,23-24,53H,3-4,6,8-10,12,14-16,18,20-22,25-52,56H2,1-2H3,(H,59,60)/b7-5-,13-11-,19-17-,24-23-. The lowest BCUT2D eigenvalue weighted by Crippen LogP contribution is -2.29. The van der Waals surface area contributed by atoms with Crippen molar-refractivity contribution in [2.24, 2.45) is 5.73 Å². The third-order valence-electron chi connectivity index (χ3n) is 11.7. The van der Waals surface area contributed by atoms with Crippen molar-refractivity contribution in [1.82, 2.24) is 0 Å². The molecule has 0 saturated heterocycles. The summed E-state index contributed by atoms with van der Waals surface area (Å²) in [5, 5.41) is 0. The molecule has 3 N–H and O–H groups in total. The summed E-state index contributed by atoms with van der Waals surface area (Å²) in [5.74, 6) is -0.819. The molecule has 0 radical (unpaired) electrons. The fraction of sp³-hybridized carbons (Fsp3) is 0.818. The van der Waals surface area contributed by atoms with E-state index in [1.54, 1.807) is 0 Å². The lowest BCUT2D eigenvalue weighted by molar-refractivity contribution is -0.161. The number of nitrogens with two attached hydrogens (primary N) is 1. The van der Waals surface area contributed by atoms with E-state index in [0.717, 1.165) is 64.2 Å². The Morgan fingerprint density at radius 2 is 0.846 bits per heavy atom. The number of hydrogen-bond donors (Lipinski definition) is 2. The molecule has 0 aromatic rings. The van der Waals surface area contributed by atoms with Gasteiger partial charge in [-0.05, 0) is 51.4 Å². The van der Waals surface area contributed by atoms with E-state index in [9.17, 15) is 19.0 Å². The van der Waals surface area contributed by atoms with Gasteiger partial charge in [0.15, 0.2) is 6.10 Å². The van der Waals surface area contributed by atoms with Crippen molar-refractivity contribution >= 4 is 19.8 Å². The highest BCUT2D eigenvalue weighted by molar-refractivity contribution is 7.47. The van der Waals surface area contributed by atoms with Gasteiger partial charge in [0.25, 0.3) is 0 Å². The van der Waals surface area contributed by atoms with Crippen LogP contribution in [-0.2, 0) is 32.7 Å². The van der Waals surface area contributed by atoms with Crippen LogP contribution >= 0.6 is 7.82 Å². The number of unbranched alkanes of at least 4 members (excludes halogenated alkanes) is 30. The molecule has 380 valence electrons. The number of carbonyl (C=O) groups excluding carboxylic acids is 2. The lowest BCUT2D eigenvalue weighted by Gasteiger charge is -2.19. The van der Waals surface area contributed by atoms with Crippen LogP contribution in [0.25, 0.3) is 0 Å². The second-order valence-electron chi connectivity index (χ2n) is 18.1. The summed E-state index contributed by atoms with van der Waals surface area (Å²) < 4.78 is 33.0.